The highest BCUT2D eigenvalue weighted by Gasteiger charge is 2.35. The zero-order valence-electron chi connectivity index (χ0n) is 11.4. The minimum atomic E-state index is -0.0680. The first-order valence-electron chi connectivity index (χ1n) is 6.53. The van der Waals surface area contributed by atoms with Gasteiger partial charge in [-0.15, -0.1) is 22.7 Å². The molecule has 0 spiro atoms. The molecule has 1 saturated carbocycles. The van der Waals surface area contributed by atoms with Gasteiger partial charge in [0.05, 0.1) is 13.2 Å². The SMILES string of the molecule is COc1ccsc1C(=O)N[C@H](c1nc(C)cs1)C1CC1. The van der Waals surface area contributed by atoms with E-state index in [0.717, 1.165) is 23.5 Å². The number of hydrogen-bond donors (Lipinski definition) is 1. The number of methoxy groups -OCH3 is 1. The van der Waals surface area contributed by atoms with Gasteiger partial charge in [0.1, 0.15) is 15.6 Å². The van der Waals surface area contributed by atoms with E-state index in [9.17, 15) is 4.79 Å². The number of hydrogen-bond acceptors (Lipinski definition) is 5. The molecule has 0 bridgehead atoms. The van der Waals surface area contributed by atoms with E-state index in [1.165, 1.54) is 11.3 Å². The fourth-order valence-electron chi connectivity index (χ4n) is 2.16. The minimum absolute atomic E-state index is 0.0352. The zero-order chi connectivity index (χ0) is 14.1. The van der Waals surface area contributed by atoms with Crippen LogP contribution in [0.15, 0.2) is 16.8 Å². The van der Waals surface area contributed by atoms with Crippen molar-refractivity contribution in [2.45, 2.75) is 25.8 Å². The lowest BCUT2D eigenvalue weighted by Gasteiger charge is -2.15. The molecule has 1 atom stereocenters. The lowest BCUT2D eigenvalue weighted by molar-refractivity contribution is 0.0933. The molecule has 4 nitrogen and oxygen atoms in total. The smallest absolute Gasteiger partial charge is 0.265 e. The molecule has 0 aromatic carbocycles. The number of rotatable bonds is 5. The first-order chi connectivity index (χ1) is 9.69. The number of amides is 1. The molecule has 106 valence electrons. The average Bonchev–Trinajstić information content (AvgIpc) is 2.99. The Labute approximate surface area is 125 Å². The molecular weight excluding hydrogens is 292 g/mol. The molecule has 2 heterocycles. The Balaban J connectivity index is 1.78. The van der Waals surface area contributed by atoms with Crippen LogP contribution in [-0.4, -0.2) is 18.0 Å². The second-order valence-electron chi connectivity index (χ2n) is 4.93. The Morgan fingerprint density at radius 2 is 2.30 bits per heavy atom. The Morgan fingerprint density at radius 3 is 2.90 bits per heavy atom. The normalized spacial score (nSPS) is 15.9. The fourth-order valence-corrected chi connectivity index (χ4v) is 3.86. The van der Waals surface area contributed by atoms with Crippen molar-refractivity contribution in [2.24, 2.45) is 5.92 Å². The highest BCUT2D eigenvalue weighted by atomic mass is 32.1. The first-order valence-corrected chi connectivity index (χ1v) is 8.29. The predicted molar refractivity (Wildman–Crippen MR) is 80.7 cm³/mol. The molecule has 0 aliphatic heterocycles. The number of ether oxygens (including phenoxy) is 1. The summed E-state index contributed by atoms with van der Waals surface area (Å²) in [5.74, 6) is 1.09. The molecule has 1 aliphatic carbocycles. The fraction of sp³-hybridized carbons (Fsp3) is 0.429. The molecule has 1 fully saturated rings. The van der Waals surface area contributed by atoms with Crippen molar-refractivity contribution < 1.29 is 9.53 Å². The third-order valence-corrected chi connectivity index (χ3v) is 5.28. The topological polar surface area (TPSA) is 51.2 Å². The summed E-state index contributed by atoms with van der Waals surface area (Å²) in [4.78, 5) is 17.6. The number of aryl methyl sites for hydroxylation is 1. The Morgan fingerprint density at radius 1 is 1.50 bits per heavy atom. The molecule has 1 aliphatic rings. The van der Waals surface area contributed by atoms with E-state index in [0.29, 0.717) is 16.5 Å². The number of carbonyl (C=O) groups excluding carboxylic acids is 1. The standard InChI is InChI=1S/C14H16N2O2S2/c1-8-7-20-14(15-8)11(9-3-4-9)16-13(17)12-10(18-2)5-6-19-12/h5-7,9,11H,3-4H2,1-2H3,(H,16,17)/t11-/m0/s1. The molecule has 0 radical (unpaired) electrons. The summed E-state index contributed by atoms with van der Waals surface area (Å²) in [6.45, 7) is 1.98. The summed E-state index contributed by atoms with van der Waals surface area (Å²) < 4.78 is 5.21. The van der Waals surface area contributed by atoms with Gasteiger partial charge in [0.2, 0.25) is 0 Å². The maximum absolute atomic E-state index is 12.4. The van der Waals surface area contributed by atoms with Gasteiger partial charge in [0.25, 0.3) is 5.91 Å². The molecule has 0 unspecified atom stereocenters. The summed E-state index contributed by atoms with van der Waals surface area (Å²) in [6.07, 6.45) is 2.32. The largest absolute Gasteiger partial charge is 0.495 e. The highest BCUT2D eigenvalue weighted by molar-refractivity contribution is 7.12. The van der Waals surface area contributed by atoms with Gasteiger partial charge < -0.3 is 10.1 Å². The molecule has 1 amide bonds. The number of carbonyl (C=O) groups is 1. The van der Waals surface area contributed by atoms with E-state index in [-0.39, 0.29) is 11.9 Å². The average molecular weight is 308 g/mol. The molecule has 6 heteroatoms. The van der Waals surface area contributed by atoms with Crippen molar-refractivity contribution >= 4 is 28.6 Å². The van der Waals surface area contributed by atoms with E-state index in [1.807, 2.05) is 23.8 Å². The molecule has 2 aromatic heterocycles. The van der Waals surface area contributed by atoms with Crippen LogP contribution in [0.1, 0.15) is 39.3 Å². The lowest BCUT2D eigenvalue weighted by atomic mass is 10.2. The van der Waals surface area contributed by atoms with Gasteiger partial charge in [0, 0.05) is 11.1 Å². The van der Waals surface area contributed by atoms with Crippen LogP contribution in [0.3, 0.4) is 0 Å². The maximum atomic E-state index is 12.4. The van der Waals surface area contributed by atoms with Crippen LogP contribution in [0.25, 0.3) is 0 Å². The number of nitrogens with one attached hydrogen (secondary N) is 1. The third kappa shape index (κ3) is 2.71. The Kier molecular flexibility index (Phi) is 3.76. The molecule has 20 heavy (non-hydrogen) atoms. The summed E-state index contributed by atoms with van der Waals surface area (Å²) >= 11 is 3.02. The van der Waals surface area contributed by atoms with Crippen molar-refractivity contribution in [1.82, 2.24) is 10.3 Å². The Hall–Kier alpha value is -1.40. The number of thiophene rings is 1. The second-order valence-corrected chi connectivity index (χ2v) is 6.74. The van der Waals surface area contributed by atoms with Crippen LogP contribution in [0.4, 0.5) is 0 Å². The predicted octanol–water partition coefficient (Wildman–Crippen LogP) is 3.40. The first kappa shape index (κ1) is 13.6. The second kappa shape index (κ2) is 5.54. The highest BCUT2D eigenvalue weighted by Crippen LogP contribution is 2.42. The van der Waals surface area contributed by atoms with E-state index < -0.39 is 0 Å². The van der Waals surface area contributed by atoms with Crippen molar-refractivity contribution in [1.29, 1.82) is 0 Å². The van der Waals surface area contributed by atoms with E-state index >= 15 is 0 Å². The molecule has 3 rings (SSSR count). The van der Waals surface area contributed by atoms with Crippen LogP contribution in [0, 0.1) is 12.8 Å². The van der Waals surface area contributed by atoms with Crippen LogP contribution in [-0.2, 0) is 0 Å². The van der Waals surface area contributed by atoms with Gasteiger partial charge in [0.15, 0.2) is 0 Å². The number of thiazole rings is 1. The summed E-state index contributed by atoms with van der Waals surface area (Å²) in [5.41, 5.74) is 1.01. The zero-order valence-corrected chi connectivity index (χ0v) is 13.0. The van der Waals surface area contributed by atoms with Crippen LogP contribution in [0.2, 0.25) is 0 Å². The van der Waals surface area contributed by atoms with Crippen LogP contribution >= 0.6 is 22.7 Å². The number of nitrogens with zero attached hydrogens (tertiary/aromatic N) is 1. The van der Waals surface area contributed by atoms with Gasteiger partial charge in [-0.2, -0.15) is 0 Å². The van der Waals surface area contributed by atoms with Gasteiger partial charge >= 0.3 is 0 Å². The van der Waals surface area contributed by atoms with Crippen LogP contribution in [0.5, 0.6) is 5.75 Å². The van der Waals surface area contributed by atoms with Crippen molar-refractivity contribution in [2.75, 3.05) is 7.11 Å². The van der Waals surface area contributed by atoms with Gasteiger partial charge in [-0.3, -0.25) is 4.79 Å². The van der Waals surface area contributed by atoms with E-state index in [4.69, 9.17) is 4.74 Å². The summed E-state index contributed by atoms with van der Waals surface area (Å²) in [6, 6.07) is 1.85. The quantitative estimate of drug-likeness (QED) is 0.921. The maximum Gasteiger partial charge on any atom is 0.265 e. The van der Waals surface area contributed by atoms with Crippen LogP contribution < -0.4 is 10.1 Å². The van der Waals surface area contributed by atoms with Gasteiger partial charge in [-0.05, 0) is 37.1 Å². The minimum Gasteiger partial charge on any atom is -0.495 e. The van der Waals surface area contributed by atoms with Crippen molar-refractivity contribution in [3.63, 3.8) is 0 Å². The van der Waals surface area contributed by atoms with Crippen molar-refractivity contribution in [3.8, 4) is 5.75 Å². The summed E-state index contributed by atoms with van der Waals surface area (Å²) in [7, 11) is 1.58. The lowest BCUT2D eigenvalue weighted by Crippen LogP contribution is -2.29. The van der Waals surface area contributed by atoms with Gasteiger partial charge in [-0.1, -0.05) is 0 Å². The molecule has 0 saturated heterocycles. The molecule has 2 aromatic rings. The van der Waals surface area contributed by atoms with E-state index in [2.05, 4.69) is 10.3 Å². The molecule has 1 N–H and O–H groups in total. The van der Waals surface area contributed by atoms with Gasteiger partial charge in [-0.25, -0.2) is 4.98 Å². The number of aromatic nitrogens is 1. The summed E-state index contributed by atoms with van der Waals surface area (Å²) in [5, 5.41) is 8.03. The van der Waals surface area contributed by atoms with E-state index in [1.54, 1.807) is 18.4 Å². The monoisotopic (exact) mass is 308 g/mol. The molecular formula is C14H16N2O2S2. The Bertz CT molecular complexity index is 616. The van der Waals surface area contributed by atoms with Crippen molar-refractivity contribution in [3.05, 3.63) is 32.4 Å². The third-order valence-electron chi connectivity index (χ3n) is 3.34.